The molecule has 2 atom stereocenters. The minimum Gasteiger partial charge on any atom is -0.348 e. The van der Waals surface area contributed by atoms with Crippen molar-refractivity contribution in [3.8, 4) is 0 Å². The first-order chi connectivity index (χ1) is 9.99. The van der Waals surface area contributed by atoms with E-state index in [1.807, 2.05) is 51.2 Å². The summed E-state index contributed by atoms with van der Waals surface area (Å²) in [4.78, 5) is 12.2. The Hall–Kier alpha value is -2.14. The molecule has 1 heterocycles. The van der Waals surface area contributed by atoms with Gasteiger partial charge in [-0.2, -0.15) is 5.10 Å². The lowest BCUT2D eigenvalue weighted by Gasteiger charge is -2.17. The van der Waals surface area contributed by atoms with Gasteiger partial charge in [-0.05, 0) is 25.8 Å². The van der Waals surface area contributed by atoms with Gasteiger partial charge in [-0.1, -0.05) is 30.3 Å². The Bertz CT molecular complexity index is 606. The number of hydrogen-bond donors (Lipinski definition) is 2. The average molecular weight is 286 g/mol. The molecule has 1 unspecified atom stereocenters. The van der Waals surface area contributed by atoms with Gasteiger partial charge in [0.15, 0.2) is 0 Å². The lowest BCUT2D eigenvalue weighted by Crippen LogP contribution is -2.43. The zero-order valence-corrected chi connectivity index (χ0v) is 12.7. The van der Waals surface area contributed by atoms with E-state index in [-0.39, 0.29) is 11.9 Å². The van der Waals surface area contributed by atoms with Crippen molar-refractivity contribution in [2.24, 2.45) is 12.8 Å². The molecule has 1 aromatic carbocycles. The molecule has 112 valence electrons. The number of aromatic nitrogens is 2. The number of carbonyl (C=O) groups is 1. The fraction of sp³-hybridized carbons (Fsp3) is 0.375. The highest BCUT2D eigenvalue weighted by atomic mass is 16.2. The summed E-state index contributed by atoms with van der Waals surface area (Å²) < 4.78 is 1.79. The maximum absolute atomic E-state index is 12.2. The SMILES string of the molecule is Cc1c(C(C)NC(=O)[C@@H](N)Cc2ccccc2)cnn1C. The third-order valence-electron chi connectivity index (χ3n) is 3.73. The molecule has 5 nitrogen and oxygen atoms in total. The summed E-state index contributed by atoms with van der Waals surface area (Å²) in [6.07, 6.45) is 2.31. The molecule has 0 spiro atoms. The number of benzene rings is 1. The Morgan fingerprint density at radius 3 is 2.62 bits per heavy atom. The maximum atomic E-state index is 12.2. The van der Waals surface area contributed by atoms with Crippen LogP contribution in [-0.2, 0) is 18.3 Å². The number of rotatable bonds is 5. The van der Waals surface area contributed by atoms with Gasteiger partial charge in [0.1, 0.15) is 0 Å². The van der Waals surface area contributed by atoms with Crippen LogP contribution < -0.4 is 11.1 Å². The van der Waals surface area contributed by atoms with Gasteiger partial charge in [-0.25, -0.2) is 0 Å². The van der Waals surface area contributed by atoms with Gasteiger partial charge in [0.25, 0.3) is 0 Å². The first kappa shape index (κ1) is 15.3. The van der Waals surface area contributed by atoms with E-state index in [9.17, 15) is 4.79 Å². The maximum Gasteiger partial charge on any atom is 0.237 e. The van der Waals surface area contributed by atoms with Crippen molar-refractivity contribution in [3.63, 3.8) is 0 Å². The summed E-state index contributed by atoms with van der Waals surface area (Å²) in [6.45, 7) is 3.92. The van der Waals surface area contributed by atoms with Gasteiger partial charge in [-0.15, -0.1) is 0 Å². The van der Waals surface area contributed by atoms with E-state index in [1.165, 1.54) is 0 Å². The van der Waals surface area contributed by atoms with E-state index in [4.69, 9.17) is 5.73 Å². The summed E-state index contributed by atoms with van der Waals surface area (Å²) in [5.74, 6) is -0.144. The standard InChI is InChI=1S/C16H22N4O/c1-11(14-10-18-20(3)12(14)2)19-16(21)15(17)9-13-7-5-4-6-8-13/h4-8,10-11,15H,9,17H2,1-3H3,(H,19,21)/t11?,15-/m0/s1. The van der Waals surface area contributed by atoms with Crippen molar-refractivity contribution in [1.82, 2.24) is 15.1 Å². The van der Waals surface area contributed by atoms with Crippen molar-refractivity contribution >= 4 is 5.91 Å². The summed E-state index contributed by atoms with van der Waals surface area (Å²) in [6, 6.07) is 9.13. The molecule has 0 saturated heterocycles. The van der Waals surface area contributed by atoms with Crippen LogP contribution in [0.5, 0.6) is 0 Å². The molecule has 1 amide bonds. The second kappa shape index (κ2) is 6.54. The van der Waals surface area contributed by atoms with E-state index in [0.717, 1.165) is 16.8 Å². The van der Waals surface area contributed by atoms with E-state index in [2.05, 4.69) is 10.4 Å². The van der Waals surface area contributed by atoms with Crippen LogP contribution in [0.3, 0.4) is 0 Å². The van der Waals surface area contributed by atoms with Crippen molar-refractivity contribution < 1.29 is 4.79 Å². The summed E-state index contributed by atoms with van der Waals surface area (Å²) in [5, 5.41) is 7.14. The summed E-state index contributed by atoms with van der Waals surface area (Å²) in [5.41, 5.74) is 9.10. The number of nitrogens with one attached hydrogen (secondary N) is 1. The highest BCUT2D eigenvalue weighted by Gasteiger charge is 2.19. The minimum atomic E-state index is -0.549. The van der Waals surface area contributed by atoms with E-state index >= 15 is 0 Å². The lowest BCUT2D eigenvalue weighted by atomic mass is 10.0. The molecule has 0 aliphatic heterocycles. The number of amides is 1. The van der Waals surface area contributed by atoms with Gasteiger partial charge in [0.05, 0.1) is 18.3 Å². The molecule has 1 aromatic heterocycles. The molecule has 5 heteroatoms. The van der Waals surface area contributed by atoms with Gasteiger partial charge >= 0.3 is 0 Å². The lowest BCUT2D eigenvalue weighted by molar-refractivity contribution is -0.123. The Labute approximate surface area is 125 Å². The van der Waals surface area contributed by atoms with Crippen LogP contribution in [0, 0.1) is 6.92 Å². The van der Waals surface area contributed by atoms with Crippen LogP contribution >= 0.6 is 0 Å². The highest BCUT2D eigenvalue weighted by Crippen LogP contribution is 2.16. The zero-order chi connectivity index (χ0) is 15.4. The van der Waals surface area contributed by atoms with E-state index < -0.39 is 6.04 Å². The number of carbonyl (C=O) groups excluding carboxylic acids is 1. The number of aryl methyl sites for hydroxylation is 1. The topological polar surface area (TPSA) is 72.9 Å². The van der Waals surface area contributed by atoms with Crippen LogP contribution in [-0.4, -0.2) is 21.7 Å². The predicted octanol–water partition coefficient (Wildman–Crippen LogP) is 1.48. The molecular weight excluding hydrogens is 264 g/mol. The minimum absolute atomic E-state index is 0.104. The largest absolute Gasteiger partial charge is 0.348 e. The Balaban J connectivity index is 1.96. The molecule has 21 heavy (non-hydrogen) atoms. The molecule has 2 rings (SSSR count). The van der Waals surface area contributed by atoms with Gasteiger partial charge in [0, 0.05) is 18.3 Å². The second-order valence-corrected chi connectivity index (χ2v) is 5.34. The third kappa shape index (κ3) is 3.70. The first-order valence-corrected chi connectivity index (χ1v) is 7.07. The molecule has 0 aliphatic rings. The molecule has 0 fully saturated rings. The predicted molar refractivity (Wildman–Crippen MR) is 82.6 cm³/mol. The third-order valence-corrected chi connectivity index (χ3v) is 3.73. The Morgan fingerprint density at radius 1 is 1.38 bits per heavy atom. The summed E-state index contributed by atoms with van der Waals surface area (Å²) >= 11 is 0. The van der Waals surface area contributed by atoms with Crippen LogP contribution in [0.4, 0.5) is 0 Å². The molecule has 0 aliphatic carbocycles. The van der Waals surface area contributed by atoms with E-state index in [1.54, 1.807) is 10.9 Å². The van der Waals surface area contributed by atoms with Gasteiger partial charge in [0.2, 0.25) is 5.91 Å². The van der Waals surface area contributed by atoms with Crippen molar-refractivity contribution in [3.05, 3.63) is 53.3 Å². The van der Waals surface area contributed by atoms with Gasteiger partial charge < -0.3 is 11.1 Å². The average Bonchev–Trinajstić information content (AvgIpc) is 2.80. The van der Waals surface area contributed by atoms with Crippen LogP contribution in [0.1, 0.15) is 29.8 Å². The quantitative estimate of drug-likeness (QED) is 0.874. The molecule has 0 bridgehead atoms. The fourth-order valence-corrected chi connectivity index (χ4v) is 2.30. The molecular formula is C16H22N4O. The molecule has 0 radical (unpaired) electrons. The van der Waals surface area contributed by atoms with Crippen LogP contribution in [0.15, 0.2) is 36.5 Å². The van der Waals surface area contributed by atoms with Crippen molar-refractivity contribution in [1.29, 1.82) is 0 Å². The second-order valence-electron chi connectivity index (χ2n) is 5.34. The monoisotopic (exact) mass is 286 g/mol. The summed E-state index contributed by atoms with van der Waals surface area (Å²) in [7, 11) is 1.88. The number of nitrogens with zero attached hydrogens (tertiary/aromatic N) is 2. The number of nitrogens with two attached hydrogens (primary N) is 1. The van der Waals surface area contributed by atoms with Crippen LogP contribution in [0.25, 0.3) is 0 Å². The molecule has 2 aromatic rings. The smallest absolute Gasteiger partial charge is 0.237 e. The van der Waals surface area contributed by atoms with E-state index in [0.29, 0.717) is 6.42 Å². The van der Waals surface area contributed by atoms with Crippen molar-refractivity contribution in [2.75, 3.05) is 0 Å². The molecule has 3 N–H and O–H groups in total. The normalized spacial score (nSPS) is 13.7. The van der Waals surface area contributed by atoms with Gasteiger partial charge in [-0.3, -0.25) is 9.48 Å². The zero-order valence-electron chi connectivity index (χ0n) is 12.7. The van der Waals surface area contributed by atoms with Crippen molar-refractivity contribution in [2.45, 2.75) is 32.4 Å². The van der Waals surface area contributed by atoms with Crippen LogP contribution in [0.2, 0.25) is 0 Å². The Kier molecular flexibility index (Phi) is 4.75. The first-order valence-electron chi connectivity index (χ1n) is 7.07. The fourth-order valence-electron chi connectivity index (χ4n) is 2.30. The Morgan fingerprint density at radius 2 is 2.05 bits per heavy atom. The highest BCUT2D eigenvalue weighted by molar-refractivity contribution is 5.82. The molecule has 0 saturated carbocycles. The number of hydrogen-bond acceptors (Lipinski definition) is 3.